The van der Waals surface area contributed by atoms with E-state index in [2.05, 4.69) is 0 Å². The number of furan rings is 1. The third kappa shape index (κ3) is 2.10. The lowest BCUT2D eigenvalue weighted by molar-refractivity contribution is 0.0786. The third-order valence-electron chi connectivity index (χ3n) is 3.57. The first kappa shape index (κ1) is 12.9. The summed E-state index contributed by atoms with van der Waals surface area (Å²) in [6.45, 7) is 3.66. The Balaban J connectivity index is 2.10. The highest BCUT2D eigenvalue weighted by atomic mass is 19.1. The fourth-order valence-corrected chi connectivity index (χ4v) is 2.27. The van der Waals surface area contributed by atoms with Crippen molar-refractivity contribution in [2.75, 3.05) is 0 Å². The van der Waals surface area contributed by atoms with Gasteiger partial charge in [0, 0.05) is 5.39 Å². The van der Waals surface area contributed by atoms with Gasteiger partial charge in [-0.1, -0.05) is 29.8 Å². The summed E-state index contributed by atoms with van der Waals surface area (Å²) in [5.74, 6) is 0.0850. The van der Waals surface area contributed by atoms with E-state index in [1.165, 1.54) is 12.1 Å². The van der Waals surface area contributed by atoms with Crippen LogP contribution in [-0.2, 0) is 5.60 Å². The van der Waals surface area contributed by atoms with Gasteiger partial charge in [-0.15, -0.1) is 0 Å². The Morgan fingerprint density at radius 2 is 1.75 bits per heavy atom. The van der Waals surface area contributed by atoms with Crippen molar-refractivity contribution in [3.05, 3.63) is 71.2 Å². The molecule has 20 heavy (non-hydrogen) atoms. The first-order chi connectivity index (χ1) is 9.46. The summed E-state index contributed by atoms with van der Waals surface area (Å²) < 4.78 is 18.9. The van der Waals surface area contributed by atoms with E-state index in [0.717, 1.165) is 11.1 Å². The molecule has 0 bridgehead atoms. The first-order valence-corrected chi connectivity index (χ1v) is 6.46. The quantitative estimate of drug-likeness (QED) is 0.759. The van der Waals surface area contributed by atoms with Gasteiger partial charge >= 0.3 is 0 Å². The maximum atomic E-state index is 13.2. The van der Waals surface area contributed by atoms with E-state index in [0.29, 0.717) is 16.7 Å². The van der Waals surface area contributed by atoms with Crippen molar-refractivity contribution >= 4 is 11.0 Å². The molecule has 3 rings (SSSR count). The molecule has 1 heterocycles. The second kappa shape index (κ2) is 4.46. The minimum atomic E-state index is -1.25. The Kier molecular flexibility index (Phi) is 2.87. The number of halogens is 1. The smallest absolute Gasteiger partial charge is 0.144 e. The van der Waals surface area contributed by atoms with Crippen molar-refractivity contribution in [1.29, 1.82) is 0 Å². The van der Waals surface area contributed by atoms with Crippen LogP contribution in [0.2, 0.25) is 0 Å². The fraction of sp³-hybridized carbons (Fsp3) is 0.176. The fourth-order valence-electron chi connectivity index (χ4n) is 2.27. The summed E-state index contributed by atoms with van der Waals surface area (Å²) >= 11 is 0. The van der Waals surface area contributed by atoms with E-state index in [1.54, 1.807) is 19.1 Å². The van der Waals surface area contributed by atoms with Crippen LogP contribution in [0.1, 0.15) is 23.8 Å². The van der Waals surface area contributed by atoms with Crippen LogP contribution in [0.5, 0.6) is 0 Å². The number of aryl methyl sites for hydroxylation is 1. The van der Waals surface area contributed by atoms with Crippen LogP contribution >= 0.6 is 0 Å². The van der Waals surface area contributed by atoms with E-state index in [-0.39, 0.29) is 5.82 Å². The highest BCUT2D eigenvalue weighted by molar-refractivity contribution is 5.78. The Labute approximate surface area is 116 Å². The van der Waals surface area contributed by atoms with Gasteiger partial charge in [0.15, 0.2) is 0 Å². The van der Waals surface area contributed by atoms with E-state index in [9.17, 15) is 9.50 Å². The number of fused-ring (bicyclic) bond motifs is 1. The molecular formula is C17H15FO2. The van der Waals surface area contributed by atoms with Crippen LogP contribution in [0, 0.1) is 12.7 Å². The Morgan fingerprint density at radius 1 is 1.05 bits per heavy atom. The highest BCUT2D eigenvalue weighted by Crippen LogP contribution is 2.33. The molecule has 0 aliphatic carbocycles. The molecule has 102 valence electrons. The molecule has 2 aromatic carbocycles. The molecule has 1 aromatic heterocycles. The third-order valence-corrected chi connectivity index (χ3v) is 3.57. The van der Waals surface area contributed by atoms with Gasteiger partial charge in [0.1, 0.15) is 22.8 Å². The van der Waals surface area contributed by atoms with Crippen molar-refractivity contribution in [2.45, 2.75) is 19.4 Å². The molecule has 0 aliphatic heterocycles. The molecule has 1 atom stereocenters. The molecule has 3 heteroatoms. The van der Waals surface area contributed by atoms with Crippen molar-refractivity contribution < 1.29 is 13.9 Å². The monoisotopic (exact) mass is 270 g/mol. The number of rotatable bonds is 2. The molecule has 0 spiro atoms. The van der Waals surface area contributed by atoms with Gasteiger partial charge in [-0.2, -0.15) is 0 Å². The van der Waals surface area contributed by atoms with Crippen LogP contribution in [0.25, 0.3) is 11.0 Å². The van der Waals surface area contributed by atoms with Gasteiger partial charge in [-0.3, -0.25) is 0 Å². The van der Waals surface area contributed by atoms with Gasteiger partial charge in [0.2, 0.25) is 0 Å². The maximum Gasteiger partial charge on any atom is 0.144 e. The second-order valence-electron chi connectivity index (χ2n) is 5.23. The molecular weight excluding hydrogens is 255 g/mol. The standard InChI is InChI=1S/C17H15FO2/c1-11-3-5-13(6-4-11)17(2,19)16-10-12-9-14(18)7-8-15(12)20-16/h3-10,19H,1-2H3. The van der Waals surface area contributed by atoms with Crippen LogP contribution in [0.4, 0.5) is 4.39 Å². The normalized spacial score (nSPS) is 14.4. The molecule has 1 unspecified atom stereocenters. The molecule has 3 aromatic rings. The summed E-state index contributed by atoms with van der Waals surface area (Å²) in [5.41, 5.74) is 1.18. The predicted octanol–water partition coefficient (Wildman–Crippen LogP) is 4.14. The summed E-state index contributed by atoms with van der Waals surface area (Å²) in [5, 5.41) is 11.4. The van der Waals surface area contributed by atoms with Gasteiger partial charge in [-0.05, 0) is 43.7 Å². The molecule has 1 N–H and O–H groups in total. The Bertz CT molecular complexity index is 754. The van der Waals surface area contributed by atoms with Gasteiger partial charge in [0.25, 0.3) is 0 Å². The number of benzene rings is 2. The predicted molar refractivity (Wildman–Crippen MR) is 76.0 cm³/mol. The van der Waals surface area contributed by atoms with E-state index < -0.39 is 5.60 Å². The van der Waals surface area contributed by atoms with E-state index in [1.807, 2.05) is 31.2 Å². The van der Waals surface area contributed by atoms with Crippen molar-refractivity contribution in [3.63, 3.8) is 0 Å². The minimum absolute atomic E-state index is 0.320. The summed E-state index contributed by atoms with van der Waals surface area (Å²) in [4.78, 5) is 0. The van der Waals surface area contributed by atoms with Crippen LogP contribution in [-0.4, -0.2) is 5.11 Å². The van der Waals surface area contributed by atoms with Crippen molar-refractivity contribution in [2.24, 2.45) is 0 Å². The molecule has 0 amide bonds. The van der Waals surface area contributed by atoms with Crippen LogP contribution in [0.3, 0.4) is 0 Å². The summed E-state index contributed by atoms with van der Waals surface area (Å²) in [7, 11) is 0. The largest absolute Gasteiger partial charge is 0.458 e. The molecule has 0 aliphatic rings. The first-order valence-electron chi connectivity index (χ1n) is 6.46. The van der Waals surface area contributed by atoms with Gasteiger partial charge in [0.05, 0.1) is 0 Å². The van der Waals surface area contributed by atoms with Crippen molar-refractivity contribution in [1.82, 2.24) is 0 Å². The molecule has 2 nitrogen and oxygen atoms in total. The minimum Gasteiger partial charge on any atom is -0.458 e. The van der Waals surface area contributed by atoms with Crippen molar-refractivity contribution in [3.8, 4) is 0 Å². The van der Waals surface area contributed by atoms with Crippen LogP contribution in [0.15, 0.2) is 52.9 Å². The Hall–Kier alpha value is -2.13. The molecule has 0 saturated carbocycles. The Morgan fingerprint density at radius 3 is 2.45 bits per heavy atom. The SMILES string of the molecule is Cc1ccc(C(C)(O)c2cc3cc(F)ccc3o2)cc1. The van der Waals surface area contributed by atoms with Gasteiger partial charge in [-0.25, -0.2) is 4.39 Å². The zero-order valence-electron chi connectivity index (χ0n) is 11.4. The van der Waals surface area contributed by atoms with E-state index in [4.69, 9.17) is 4.42 Å². The number of hydrogen-bond acceptors (Lipinski definition) is 2. The average Bonchev–Trinajstić information content (AvgIpc) is 2.83. The second-order valence-corrected chi connectivity index (χ2v) is 5.23. The lowest BCUT2D eigenvalue weighted by Gasteiger charge is -2.21. The van der Waals surface area contributed by atoms with Gasteiger partial charge < -0.3 is 9.52 Å². The molecule has 0 fully saturated rings. The lowest BCUT2D eigenvalue weighted by Crippen LogP contribution is -2.21. The summed E-state index contributed by atoms with van der Waals surface area (Å²) in [6.07, 6.45) is 0. The zero-order valence-corrected chi connectivity index (χ0v) is 11.4. The molecule has 0 radical (unpaired) electrons. The van der Waals surface area contributed by atoms with Crippen LogP contribution < -0.4 is 0 Å². The number of aliphatic hydroxyl groups is 1. The highest BCUT2D eigenvalue weighted by Gasteiger charge is 2.29. The average molecular weight is 270 g/mol. The zero-order chi connectivity index (χ0) is 14.3. The number of hydrogen-bond donors (Lipinski definition) is 1. The lowest BCUT2D eigenvalue weighted by atomic mass is 9.92. The molecule has 0 saturated heterocycles. The topological polar surface area (TPSA) is 33.4 Å². The maximum absolute atomic E-state index is 13.2. The summed E-state index contributed by atoms with van der Waals surface area (Å²) in [6, 6.07) is 13.6. The van der Waals surface area contributed by atoms with E-state index >= 15 is 0 Å².